The maximum atomic E-state index is 10.1. The summed E-state index contributed by atoms with van der Waals surface area (Å²) in [6.07, 6.45) is 1.54. The number of hydrogen-bond donors (Lipinski definition) is 2. The van der Waals surface area contributed by atoms with E-state index in [2.05, 4.69) is 15.3 Å². The zero-order valence-corrected chi connectivity index (χ0v) is 13.0. The number of rotatable bonds is 5. The molecule has 2 N–H and O–H groups in total. The first-order chi connectivity index (χ1) is 10.0. The van der Waals surface area contributed by atoms with Crippen molar-refractivity contribution in [2.75, 3.05) is 6.61 Å². The van der Waals surface area contributed by atoms with Crippen molar-refractivity contribution in [2.24, 2.45) is 5.10 Å². The summed E-state index contributed by atoms with van der Waals surface area (Å²) in [6.45, 7) is 6.35. The Hall–Kier alpha value is -2.15. The summed E-state index contributed by atoms with van der Waals surface area (Å²) in [5, 5.41) is 21.3. The molecule has 6 nitrogen and oxygen atoms in total. The SMILES string of the molecule is CCOc1cccc(/C=N\n2c(C(C)C)n[nH]c2=S)c1O. The number of aromatic nitrogens is 3. The lowest BCUT2D eigenvalue weighted by Crippen LogP contribution is -2.01. The quantitative estimate of drug-likeness (QED) is 0.657. The number of nitrogens with one attached hydrogen (secondary N) is 1. The molecule has 0 atom stereocenters. The topological polar surface area (TPSA) is 75.4 Å². The second kappa shape index (κ2) is 6.53. The Balaban J connectivity index is 2.36. The van der Waals surface area contributed by atoms with Crippen LogP contribution in [0.4, 0.5) is 0 Å². The maximum Gasteiger partial charge on any atom is 0.216 e. The van der Waals surface area contributed by atoms with Gasteiger partial charge in [0.2, 0.25) is 4.77 Å². The van der Waals surface area contributed by atoms with Gasteiger partial charge in [-0.05, 0) is 31.3 Å². The second-order valence-corrected chi connectivity index (χ2v) is 5.11. The third kappa shape index (κ3) is 3.30. The molecule has 0 aliphatic carbocycles. The van der Waals surface area contributed by atoms with Crippen LogP contribution in [0.5, 0.6) is 11.5 Å². The van der Waals surface area contributed by atoms with E-state index in [9.17, 15) is 5.11 Å². The highest BCUT2D eigenvalue weighted by Gasteiger charge is 2.10. The minimum absolute atomic E-state index is 0.0595. The van der Waals surface area contributed by atoms with Gasteiger partial charge in [0.1, 0.15) is 0 Å². The first-order valence-corrected chi connectivity index (χ1v) is 7.11. The molecule has 0 aliphatic heterocycles. The van der Waals surface area contributed by atoms with E-state index >= 15 is 0 Å². The van der Waals surface area contributed by atoms with E-state index in [4.69, 9.17) is 17.0 Å². The molecule has 0 fully saturated rings. The van der Waals surface area contributed by atoms with Crippen LogP contribution in [0.15, 0.2) is 23.3 Å². The van der Waals surface area contributed by atoms with E-state index < -0.39 is 0 Å². The fourth-order valence-corrected chi connectivity index (χ4v) is 2.01. The van der Waals surface area contributed by atoms with Gasteiger partial charge >= 0.3 is 0 Å². The number of benzene rings is 1. The molecule has 112 valence electrons. The van der Waals surface area contributed by atoms with E-state index in [0.717, 1.165) is 5.82 Å². The van der Waals surface area contributed by atoms with E-state index in [1.54, 1.807) is 22.9 Å². The number of hydrogen-bond acceptors (Lipinski definition) is 5. The van der Waals surface area contributed by atoms with Crippen LogP contribution in [-0.4, -0.2) is 32.8 Å². The summed E-state index contributed by atoms with van der Waals surface area (Å²) in [7, 11) is 0. The molecule has 1 heterocycles. The smallest absolute Gasteiger partial charge is 0.216 e. The van der Waals surface area contributed by atoms with Crippen LogP contribution in [-0.2, 0) is 0 Å². The molecule has 1 aromatic carbocycles. The summed E-state index contributed by atoms with van der Waals surface area (Å²) in [4.78, 5) is 0. The van der Waals surface area contributed by atoms with Crippen molar-refractivity contribution in [3.05, 3.63) is 34.4 Å². The lowest BCUT2D eigenvalue weighted by Gasteiger charge is -2.07. The summed E-state index contributed by atoms with van der Waals surface area (Å²) in [5.41, 5.74) is 0.554. The predicted octanol–water partition coefficient (Wildman–Crippen LogP) is 3.05. The van der Waals surface area contributed by atoms with Crippen molar-refractivity contribution in [3.8, 4) is 11.5 Å². The van der Waals surface area contributed by atoms with Gasteiger partial charge in [-0.25, -0.2) is 0 Å². The monoisotopic (exact) mass is 306 g/mol. The van der Waals surface area contributed by atoms with Gasteiger partial charge in [0.25, 0.3) is 0 Å². The van der Waals surface area contributed by atoms with E-state index in [1.807, 2.05) is 20.8 Å². The van der Waals surface area contributed by atoms with Gasteiger partial charge in [0.15, 0.2) is 17.3 Å². The lowest BCUT2D eigenvalue weighted by atomic mass is 10.2. The van der Waals surface area contributed by atoms with Crippen LogP contribution in [0.3, 0.4) is 0 Å². The third-order valence-electron chi connectivity index (χ3n) is 2.83. The van der Waals surface area contributed by atoms with Gasteiger partial charge in [-0.15, -0.1) is 0 Å². The minimum Gasteiger partial charge on any atom is -0.504 e. The molecule has 7 heteroatoms. The molecule has 0 radical (unpaired) electrons. The van der Waals surface area contributed by atoms with Gasteiger partial charge in [-0.3, -0.25) is 5.10 Å². The Kier molecular flexibility index (Phi) is 4.74. The Labute approximate surface area is 128 Å². The number of H-pyrrole nitrogens is 1. The molecule has 0 amide bonds. The molecule has 0 unspecified atom stereocenters. The zero-order chi connectivity index (χ0) is 15.4. The molecule has 0 saturated heterocycles. The van der Waals surface area contributed by atoms with E-state index in [1.165, 1.54) is 6.21 Å². The molecule has 2 aromatic rings. The molecule has 1 aromatic heterocycles. The first kappa shape index (κ1) is 15.2. The average Bonchev–Trinajstić information content (AvgIpc) is 2.81. The molecular weight excluding hydrogens is 288 g/mol. The summed E-state index contributed by atoms with van der Waals surface area (Å²) in [5.74, 6) is 1.40. The highest BCUT2D eigenvalue weighted by Crippen LogP contribution is 2.28. The summed E-state index contributed by atoms with van der Waals surface area (Å²) >= 11 is 5.15. The number of aromatic hydroxyl groups is 1. The first-order valence-electron chi connectivity index (χ1n) is 6.71. The van der Waals surface area contributed by atoms with Crippen molar-refractivity contribution in [1.82, 2.24) is 14.9 Å². The molecule has 0 bridgehead atoms. The van der Waals surface area contributed by atoms with Crippen LogP contribution in [0, 0.1) is 4.77 Å². The van der Waals surface area contributed by atoms with Crippen LogP contribution in [0.2, 0.25) is 0 Å². The van der Waals surface area contributed by atoms with E-state index in [0.29, 0.717) is 22.7 Å². The third-order valence-corrected chi connectivity index (χ3v) is 3.10. The van der Waals surface area contributed by atoms with Crippen molar-refractivity contribution < 1.29 is 9.84 Å². The highest BCUT2D eigenvalue weighted by atomic mass is 32.1. The van der Waals surface area contributed by atoms with Crippen LogP contribution >= 0.6 is 12.2 Å². The van der Waals surface area contributed by atoms with Gasteiger partial charge in [0, 0.05) is 11.5 Å². The number of aromatic amines is 1. The fraction of sp³-hybridized carbons (Fsp3) is 0.357. The molecule has 0 spiro atoms. The van der Waals surface area contributed by atoms with Gasteiger partial charge < -0.3 is 9.84 Å². The number of phenols is 1. The largest absolute Gasteiger partial charge is 0.504 e. The second-order valence-electron chi connectivity index (χ2n) is 4.73. The minimum atomic E-state index is 0.0595. The molecule has 2 rings (SSSR count). The Morgan fingerprint density at radius 2 is 2.29 bits per heavy atom. The lowest BCUT2D eigenvalue weighted by molar-refractivity contribution is 0.318. The number of phenolic OH excluding ortho intramolecular Hbond substituents is 1. The zero-order valence-electron chi connectivity index (χ0n) is 12.2. The van der Waals surface area contributed by atoms with Gasteiger partial charge in [-0.1, -0.05) is 19.9 Å². The molecule has 0 saturated carbocycles. The van der Waals surface area contributed by atoms with Crippen molar-refractivity contribution in [3.63, 3.8) is 0 Å². The number of ether oxygens (including phenoxy) is 1. The molecule has 21 heavy (non-hydrogen) atoms. The highest BCUT2D eigenvalue weighted by molar-refractivity contribution is 7.71. The van der Waals surface area contributed by atoms with Crippen molar-refractivity contribution >= 4 is 18.4 Å². The fourth-order valence-electron chi connectivity index (χ4n) is 1.82. The van der Waals surface area contributed by atoms with Gasteiger partial charge in [0.05, 0.1) is 12.8 Å². The summed E-state index contributed by atoms with van der Waals surface area (Å²) in [6, 6.07) is 5.25. The number of para-hydroxylation sites is 1. The Bertz CT molecular complexity index is 703. The molecular formula is C14H18N4O2S. The van der Waals surface area contributed by atoms with Gasteiger partial charge in [-0.2, -0.15) is 14.9 Å². The maximum absolute atomic E-state index is 10.1. The predicted molar refractivity (Wildman–Crippen MR) is 83.8 cm³/mol. The van der Waals surface area contributed by atoms with Crippen LogP contribution < -0.4 is 4.74 Å². The normalized spacial score (nSPS) is 11.4. The Morgan fingerprint density at radius 1 is 1.52 bits per heavy atom. The standard InChI is InChI=1S/C14H18N4O2S/c1-4-20-11-7-5-6-10(12(11)19)8-15-18-13(9(2)3)16-17-14(18)21/h5-9,19H,4H2,1-3H3,(H,17,21)/b15-8-. The Morgan fingerprint density at radius 3 is 2.95 bits per heavy atom. The van der Waals surface area contributed by atoms with E-state index in [-0.39, 0.29) is 11.7 Å². The van der Waals surface area contributed by atoms with Crippen molar-refractivity contribution in [1.29, 1.82) is 0 Å². The summed E-state index contributed by atoms with van der Waals surface area (Å²) < 4.78 is 7.30. The average molecular weight is 306 g/mol. The van der Waals surface area contributed by atoms with Crippen molar-refractivity contribution in [2.45, 2.75) is 26.7 Å². The van der Waals surface area contributed by atoms with Crippen LogP contribution in [0.25, 0.3) is 0 Å². The molecule has 0 aliphatic rings. The van der Waals surface area contributed by atoms with Crippen LogP contribution in [0.1, 0.15) is 38.1 Å². The number of nitrogens with zero attached hydrogens (tertiary/aromatic N) is 3.